The second kappa shape index (κ2) is 13.3. The number of para-hydroxylation sites is 3. The van der Waals surface area contributed by atoms with Crippen LogP contribution >= 0.6 is 0 Å². The summed E-state index contributed by atoms with van der Waals surface area (Å²) in [5, 5.41) is 4.05. The highest BCUT2D eigenvalue weighted by Crippen LogP contribution is 2.32. The molecule has 40 heavy (non-hydrogen) atoms. The van der Waals surface area contributed by atoms with Crippen molar-refractivity contribution in [1.29, 1.82) is 0 Å². The molecule has 4 aromatic carbocycles. The smallest absolute Gasteiger partial charge is 0.264 e. The van der Waals surface area contributed by atoms with Crippen molar-refractivity contribution in [3.8, 4) is 17.2 Å². The second-order valence-corrected chi connectivity index (χ2v) is 10.3. The van der Waals surface area contributed by atoms with Crippen LogP contribution in [0.15, 0.2) is 113 Å². The summed E-state index contributed by atoms with van der Waals surface area (Å²) in [6.07, 6.45) is 1.45. The van der Waals surface area contributed by atoms with Crippen LogP contribution in [0.2, 0.25) is 0 Å². The van der Waals surface area contributed by atoms with E-state index >= 15 is 0 Å². The Balaban J connectivity index is 1.52. The molecule has 1 N–H and O–H groups in total. The maximum Gasteiger partial charge on any atom is 0.264 e. The van der Waals surface area contributed by atoms with Crippen molar-refractivity contribution in [1.82, 2.24) is 5.43 Å². The number of hydrazone groups is 1. The Hall–Kier alpha value is -4.83. The predicted molar refractivity (Wildman–Crippen MR) is 153 cm³/mol. The Labute approximate surface area is 233 Å². The van der Waals surface area contributed by atoms with Crippen molar-refractivity contribution in [2.24, 2.45) is 5.10 Å². The number of carbonyl (C=O) groups excluding carboxylic acids is 1. The fourth-order valence-corrected chi connectivity index (χ4v) is 5.24. The summed E-state index contributed by atoms with van der Waals surface area (Å²) in [6, 6.07) is 29.5. The van der Waals surface area contributed by atoms with E-state index in [0.717, 1.165) is 9.87 Å². The molecule has 0 atom stereocenters. The zero-order valence-electron chi connectivity index (χ0n) is 22.1. The van der Waals surface area contributed by atoms with Crippen molar-refractivity contribution >= 4 is 27.8 Å². The lowest BCUT2D eigenvalue weighted by Crippen LogP contribution is -2.39. The number of hydrogen-bond donors (Lipinski definition) is 1. The maximum absolute atomic E-state index is 13.7. The first kappa shape index (κ1) is 28.2. The Morgan fingerprint density at radius 1 is 0.825 bits per heavy atom. The van der Waals surface area contributed by atoms with Crippen LogP contribution in [0, 0.1) is 0 Å². The van der Waals surface area contributed by atoms with Crippen molar-refractivity contribution in [2.75, 3.05) is 25.1 Å². The van der Waals surface area contributed by atoms with Crippen LogP contribution in [0.4, 0.5) is 5.69 Å². The lowest BCUT2D eigenvalue weighted by Gasteiger charge is -2.25. The topological polar surface area (TPSA) is 107 Å². The van der Waals surface area contributed by atoms with Crippen molar-refractivity contribution < 1.29 is 27.4 Å². The largest absolute Gasteiger partial charge is 0.497 e. The molecule has 4 aromatic rings. The molecule has 0 aliphatic carbocycles. The van der Waals surface area contributed by atoms with Gasteiger partial charge in [0.2, 0.25) is 0 Å². The number of anilines is 1. The summed E-state index contributed by atoms with van der Waals surface area (Å²) >= 11 is 0. The maximum atomic E-state index is 13.7. The lowest BCUT2D eigenvalue weighted by atomic mass is 10.2. The third-order valence-electron chi connectivity index (χ3n) is 5.84. The quantitative estimate of drug-likeness (QED) is 0.200. The number of rotatable bonds is 12. The number of nitrogens with one attached hydrogen (secondary N) is 1. The van der Waals surface area contributed by atoms with Gasteiger partial charge < -0.3 is 14.2 Å². The van der Waals surface area contributed by atoms with E-state index in [4.69, 9.17) is 14.2 Å². The molecule has 206 valence electrons. The van der Waals surface area contributed by atoms with Crippen LogP contribution in [0.25, 0.3) is 0 Å². The number of nitrogens with zero attached hydrogens (tertiary/aromatic N) is 2. The molecule has 0 unspecified atom stereocenters. The molecule has 0 radical (unpaired) electrons. The average Bonchev–Trinajstić information content (AvgIpc) is 3.00. The minimum atomic E-state index is -4.16. The Bertz CT molecular complexity index is 1560. The molecule has 0 aliphatic heterocycles. The summed E-state index contributed by atoms with van der Waals surface area (Å²) in [6.45, 7) is -0.173. The van der Waals surface area contributed by atoms with Crippen LogP contribution in [-0.2, 0) is 21.4 Å². The highest BCUT2D eigenvalue weighted by Gasteiger charge is 2.29. The van der Waals surface area contributed by atoms with Gasteiger partial charge in [-0.2, -0.15) is 5.10 Å². The Morgan fingerprint density at radius 3 is 2.17 bits per heavy atom. The number of hydrogen-bond acceptors (Lipinski definition) is 7. The van der Waals surface area contributed by atoms with E-state index in [2.05, 4.69) is 10.5 Å². The van der Waals surface area contributed by atoms with Gasteiger partial charge in [0.25, 0.3) is 15.9 Å². The molecule has 0 fully saturated rings. The van der Waals surface area contributed by atoms with Crippen LogP contribution in [0.1, 0.15) is 11.1 Å². The third kappa shape index (κ3) is 6.97. The number of benzene rings is 4. The van der Waals surface area contributed by atoms with Gasteiger partial charge in [0, 0.05) is 5.56 Å². The zero-order valence-corrected chi connectivity index (χ0v) is 22.9. The van der Waals surface area contributed by atoms with Gasteiger partial charge in [-0.15, -0.1) is 0 Å². The van der Waals surface area contributed by atoms with Gasteiger partial charge in [0.05, 0.1) is 31.0 Å². The molecule has 0 heterocycles. The second-order valence-electron chi connectivity index (χ2n) is 8.46. The van der Waals surface area contributed by atoms with Crippen LogP contribution in [0.3, 0.4) is 0 Å². The monoisotopic (exact) mass is 559 g/mol. The van der Waals surface area contributed by atoms with Crippen LogP contribution in [-0.4, -0.2) is 41.3 Å². The number of ether oxygens (including phenoxy) is 3. The van der Waals surface area contributed by atoms with Crippen LogP contribution < -0.4 is 23.9 Å². The van der Waals surface area contributed by atoms with E-state index < -0.39 is 22.5 Å². The molecule has 0 spiro atoms. The number of methoxy groups -OCH3 is 2. The third-order valence-corrected chi connectivity index (χ3v) is 7.61. The zero-order chi connectivity index (χ0) is 28.4. The van der Waals surface area contributed by atoms with E-state index in [1.165, 1.54) is 44.7 Å². The molecule has 0 saturated carbocycles. The van der Waals surface area contributed by atoms with Gasteiger partial charge in [-0.05, 0) is 54.1 Å². The fraction of sp³-hybridized carbons (Fsp3) is 0.133. The van der Waals surface area contributed by atoms with Crippen molar-refractivity contribution in [2.45, 2.75) is 11.5 Å². The summed E-state index contributed by atoms with van der Waals surface area (Å²) < 4.78 is 44.7. The normalized spacial score (nSPS) is 11.2. The van der Waals surface area contributed by atoms with Crippen LogP contribution in [0.5, 0.6) is 17.2 Å². The first-order valence-electron chi connectivity index (χ1n) is 12.3. The molecule has 9 nitrogen and oxygen atoms in total. The van der Waals surface area contributed by atoms with Gasteiger partial charge in [-0.1, -0.05) is 54.6 Å². The first-order valence-corrected chi connectivity index (χ1v) is 13.7. The molecular formula is C30H29N3O6S. The van der Waals surface area contributed by atoms with E-state index in [1.807, 2.05) is 42.5 Å². The van der Waals surface area contributed by atoms with Gasteiger partial charge in [0.1, 0.15) is 30.4 Å². The highest BCUT2D eigenvalue weighted by molar-refractivity contribution is 7.92. The minimum absolute atomic E-state index is 0.0139. The molecule has 4 rings (SSSR count). The summed E-state index contributed by atoms with van der Waals surface area (Å²) in [5.41, 5.74) is 4.28. The molecule has 1 amide bonds. The lowest BCUT2D eigenvalue weighted by molar-refractivity contribution is -0.119. The summed E-state index contributed by atoms with van der Waals surface area (Å²) in [5.74, 6) is 0.729. The highest BCUT2D eigenvalue weighted by atomic mass is 32.2. The Kier molecular flexibility index (Phi) is 9.37. The fourth-order valence-electron chi connectivity index (χ4n) is 3.80. The van der Waals surface area contributed by atoms with Gasteiger partial charge in [0.15, 0.2) is 0 Å². The minimum Gasteiger partial charge on any atom is -0.497 e. The van der Waals surface area contributed by atoms with E-state index in [9.17, 15) is 13.2 Å². The predicted octanol–water partition coefficient (Wildman–Crippen LogP) is 4.63. The first-order chi connectivity index (χ1) is 19.4. The molecular weight excluding hydrogens is 530 g/mol. The number of amides is 1. The molecule has 0 saturated heterocycles. The van der Waals surface area contributed by atoms with E-state index in [1.54, 1.807) is 36.4 Å². The van der Waals surface area contributed by atoms with Gasteiger partial charge in [-0.3, -0.25) is 9.10 Å². The molecule has 0 bridgehead atoms. The SMILES string of the molecule is COc1ccc(S(=O)(=O)N(CC(=O)N/N=C\c2ccccc2OCc2ccccc2)c2ccccc2OC)cc1. The van der Waals surface area contributed by atoms with Crippen molar-refractivity contribution in [3.63, 3.8) is 0 Å². The number of sulfonamides is 1. The van der Waals surface area contributed by atoms with E-state index in [0.29, 0.717) is 29.4 Å². The molecule has 10 heteroatoms. The van der Waals surface area contributed by atoms with Crippen molar-refractivity contribution in [3.05, 3.63) is 114 Å². The summed E-state index contributed by atoms with van der Waals surface area (Å²) in [7, 11) is -1.24. The van der Waals surface area contributed by atoms with E-state index in [-0.39, 0.29) is 10.6 Å². The summed E-state index contributed by atoms with van der Waals surface area (Å²) in [4.78, 5) is 13.0. The average molecular weight is 560 g/mol. The van der Waals surface area contributed by atoms with Gasteiger partial charge >= 0.3 is 0 Å². The molecule has 0 aromatic heterocycles. The standard InChI is InChI=1S/C30H29N3O6S/c1-37-25-16-18-26(19-17-25)40(35,36)33(27-13-7-9-15-29(27)38-2)21-30(34)32-31-20-24-12-6-8-14-28(24)39-22-23-10-4-3-5-11-23/h3-20H,21-22H2,1-2H3,(H,32,34)/b31-20-. The Morgan fingerprint density at radius 2 is 1.48 bits per heavy atom. The number of carbonyl (C=O) groups is 1. The van der Waals surface area contributed by atoms with Gasteiger partial charge in [-0.25, -0.2) is 13.8 Å². The molecule has 0 aliphatic rings.